The molecule has 20 heavy (non-hydrogen) atoms. The second kappa shape index (κ2) is 5.45. The summed E-state index contributed by atoms with van der Waals surface area (Å²) >= 11 is 0. The summed E-state index contributed by atoms with van der Waals surface area (Å²) in [6.45, 7) is 5.54. The van der Waals surface area contributed by atoms with Gasteiger partial charge in [0.25, 0.3) is 0 Å². The lowest BCUT2D eigenvalue weighted by Crippen LogP contribution is -2.23. The van der Waals surface area contributed by atoms with E-state index in [1.165, 1.54) is 5.56 Å². The molecular weight excluding hydrogens is 250 g/mol. The Bertz CT molecular complexity index is 592. The number of ether oxygens (including phenoxy) is 2. The molecule has 0 radical (unpaired) electrons. The van der Waals surface area contributed by atoms with Gasteiger partial charge < -0.3 is 14.8 Å². The smallest absolute Gasteiger partial charge is 0.143 e. The highest BCUT2D eigenvalue weighted by Gasteiger charge is 2.20. The Balaban J connectivity index is 1.77. The summed E-state index contributed by atoms with van der Waals surface area (Å²) in [6, 6.07) is 14.3. The van der Waals surface area contributed by atoms with Crippen LogP contribution in [0.15, 0.2) is 42.5 Å². The van der Waals surface area contributed by atoms with Crippen LogP contribution in [0.1, 0.15) is 24.2 Å². The van der Waals surface area contributed by atoms with Crippen LogP contribution in [0.2, 0.25) is 0 Å². The number of nitrogens with one attached hydrogen (secondary N) is 1. The molecule has 0 amide bonds. The molecule has 1 N–H and O–H groups in total. The van der Waals surface area contributed by atoms with Gasteiger partial charge in [-0.3, -0.25) is 0 Å². The van der Waals surface area contributed by atoms with Crippen LogP contribution in [0, 0.1) is 6.92 Å². The van der Waals surface area contributed by atoms with Crippen molar-refractivity contribution in [2.45, 2.75) is 20.0 Å². The molecule has 0 saturated carbocycles. The Morgan fingerprint density at radius 1 is 1.20 bits per heavy atom. The van der Waals surface area contributed by atoms with E-state index < -0.39 is 0 Å². The summed E-state index contributed by atoms with van der Waals surface area (Å²) < 4.78 is 11.5. The van der Waals surface area contributed by atoms with Crippen molar-refractivity contribution < 1.29 is 9.47 Å². The predicted molar refractivity (Wildman–Crippen MR) is 80.6 cm³/mol. The van der Waals surface area contributed by atoms with Gasteiger partial charge in [0, 0.05) is 0 Å². The van der Waals surface area contributed by atoms with Crippen molar-refractivity contribution in [2.75, 3.05) is 18.5 Å². The predicted octanol–water partition coefficient (Wildman–Crippen LogP) is 3.94. The standard InChI is InChI=1S/C17H19NO2/c1-3-19-14-7-5-13(6-8-14)17-11-18-15-10-12(2)4-9-16(15)20-17/h4-10,17-18H,3,11H2,1-2H3. The molecule has 0 saturated heterocycles. The largest absolute Gasteiger partial charge is 0.494 e. The molecule has 0 aromatic heterocycles. The van der Waals surface area contributed by atoms with E-state index in [1.54, 1.807) is 0 Å². The van der Waals surface area contributed by atoms with Gasteiger partial charge in [0.2, 0.25) is 0 Å². The number of fused-ring (bicyclic) bond motifs is 1. The van der Waals surface area contributed by atoms with Gasteiger partial charge in [-0.25, -0.2) is 0 Å². The fraction of sp³-hybridized carbons (Fsp3) is 0.294. The zero-order valence-corrected chi connectivity index (χ0v) is 11.8. The summed E-state index contributed by atoms with van der Waals surface area (Å²) in [4.78, 5) is 0. The minimum absolute atomic E-state index is 0.0425. The third kappa shape index (κ3) is 2.57. The Hall–Kier alpha value is -2.16. The number of hydrogen-bond donors (Lipinski definition) is 1. The molecule has 0 fully saturated rings. The lowest BCUT2D eigenvalue weighted by molar-refractivity contribution is 0.210. The monoisotopic (exact) mass is 269 g/mol. The van der Waals surface area contributed by atoms with E-state index in [4.69, 9.17) is 9.47 Å². The van der Waals surface area contributed by atoms with Crippen LogP contribution in [0.5, 0.6) is 11.5 Å². The lowest BCUT2D eigenvalue weighted by Gasteiger charge is -2.28. The number of benzene rings is 2. The summed E-state index contributed by atoms with van der Waals surface area (Å²) in [5, 5.41) is 3.44. The quantitative estimate of drug-likeness (QED) is 0.915. The van der Waals surface area contributed by atoms with Crippen LogP contribution in [-0.2, 0) is 0 Å². The van der Waals surface area contributed by atoms with Crippen molar-refractivity contribution in [3.63, 3.8) is 0 Å². The Labute approximate surface area is 119 Å². The molecule has 0 bridgehead atoms. The minimum Gasteiger partial charge on any atom is -0.494 e. The van der Waals surface area contributed by atoms with E-state index in [9.17, 15) is 0 Å². The SMILES string of the molecule is CCOc1ccc(C2CNc3cc(C)ccc3O2)cc1. The molecule has 2 aromatic rings. The number of anilines is 1. The molecule has 1 aliphatic heterocycles. The Morgan fingerprint density at radius 2 is 2.00 bits per heavy atom. The van der Waals surface area contributed by atoms with Crippen molar-refractivity contribution in [1.82, 2.24) is 0 Å². The van der Waals surface area contributed by atoms with Crippen LogP contribution in [0.4, 0.5) is 5.69 Å². The molecule has 1 aliphatic rings. The van der Waals surface area contributed by atoms with Crippen LogP contribution in [0.3, 0.4) is 0 Å². The van der Waals surface area contributed by atoms with E-state index in [1.807, 2.05) is 25.1 Å². The molecule has 104 valence electrons. The summed E-state index contributed by atoms with van der Waals surface area (Å²) in [6.07, 6.45) is 0.0425. The van der Waals surface area contributed by atoms with Crippen molar-refractivity contribution in [2.24, 2.45) is 0 Å². The fourth-order valence-corrected chi connectivity index (χ4v) is 2.41. The highest BCUT2D eigenvalue weighted by Crippen LogP contribution is 2.34. The van der Waals surface area contributed by atoms with Crippen molar-refractivity contribution >= 4 is 5.69 Å². The molecule has 3 heteroatoms. The first-order chi connectivity index (χ1) is 9.76. The van der Waals surface area contributed by atoms with Gasteiger partial charge >= 0.3 is 0 Å². The van der Waals surface area contributed by atoms with Gasteiger partial charge in [-0.15, -0.1) is 0 Å². The first kappa shape index (κ1) is 12.9. The third-order valence-corrected chi connectivity index (χ3v) is 3.45. The molecule has 2 aromatic carbocycles. The number of aryl methyl sites for hydroxylation is 1. The van der Waals surface area contributed by atoms with Crippen molar-refractivity contribution in [3.05, 3.63) is 53.6 Å². The topological polar surface area (TPSA) is 30.5 Å². The number of hydrogen-bond acceptors (Lipinski definition) is 3. The normalized spacial score (nSPS) is 16.8. The highest BCUT2D eigenvalue weighted by atomic mass is 16.5. The maximum Gasteiger partial charge on any atom is 0.143 e. The average molecular weight is 269 g/mol. The van der Waals surface area contributed by atoms with E-state index in [0.717, 1.165) is 29.3 Å². The Kier molecular flexibility index (Phi) is 3.50. The maximum absolute atomic E-state index is 6.07. The van der Waals surface area contributed by atoms with E-state index >= 15 is 0 Å². The van der Waals surface area contributed by atoms with Gasteiger partial charge in [0.1, 0.15) is 17.6 Å². The molecule has 3 rings (SSSR count). The van der Waals surface area contributed by atoms with Gasteiger partial charge in [0.15, 0.2) is 0 Å². The van der Waals surface area contributed by atoms with Crippen LogP contribution in [0.25, 0.3) is 0 Å². The van der Waals surface area contributed by atoms with E-state index in [2.05, 4.69) is 36.5 Å². The fourth-order valence-electron chi connectivity index (χ4n) is 2.41. The highest BCUT2D eigenvalue weighted by molar-refractivity contribution is 5.59. The Morgan fingerprint density at radius 3 is 2.75 bits per heavy atom. The zero-order valence-electron chi connectivity index (χ0n) is 11.8. The number of rotatable bonds is 3. The summed E-state index contributed by atoms with van der Waals surface area (Å²) in [5.74, 6) is 1.82. The van der Waals surface area contributed by atoms with Crippen LogP contribution >= 0.6 is 0 Å². The molecule has 3 nitrogen and oxygen atoms in total. The molecule has 1 heterocycles. The third-order valence-electron chi connectivity index (χ3n) is 3.45. The maximum atomic E-state index is 6.07. The van der Waals surface area contributed by atoms with Gasteiger partial charge in [-0.2, -0.15) is 0 Å². The van der Waals surface area contributed by atoms with E-state index in [-0.39, 0.29) is 6.10 Å². The zero-order chi connectivity index (χ0) is 13.9. The first-order valence-electron chi connectivity index (χ1n) is 7.00. The molecule has 1 unspecified atom stereocenters. The molecule has 0 aliphatic carbocycles. The second-order valence-electron chi connectivity index (χ2n) is 4.99. The molecular formula is C17H19NO2. The second-order valence-corrected chi connectivity index (χ2v) is 4.99. The molecule has 0 spiro atoms. The van der Waals surface area contributed by atoms with Gasteiger partial charge in [0.05, 0.1) is 18.8 Å². The van der Waals surface area contributed by atoms with Gasteiger partial charge in [-0.1, -0.05) is 18.2 Å². The van der Waals surface area contributed by atoms with Crippen LogP contribution < -0.4 is 14.8 Å². The summed E-state index contributed by atoms with van der Waals surface area (Å²) in [5.41, 5.74) is 3.47. The van der Waals surface area contributed by atoms with Crippen molar-refractivity contribution in [1.29, 1.82) is 0 Å². The summed E-state index contributed by atoms with van der Waals surface area (Å²) in [7, 11) is 0. The minimum atomic E-state index is 0.0425. The van der Waals surface area contributed by atoms with Gasteiger partial charge in [-0.05, 0) is 49.2 Å². The lowest BCUT2D eigenvalue weighted by atomic mass is 10.1. The molecule has 1 atom stereocenters. The first-order valence-corrected chi connectivity index (χ1v) is 7.00. The van der Waals surface area contributed by atoms with Crippen molar-refractivity contribution in [3.8, 4) is 11.5 Å². The van der Waals surface area contributed by atoms with Crippen LogP contribution in [-0.4, -0.2) is 13.2 Å². The van der Waals surface area contributed by atoms with E-state index in [0.29, 0.717) is 6.61 Å². The average Bonchev–Trinajstić information content (AvgIpc) is 2.48.